The summed E-state index contributed by atoms with van der Waals surface area (Å²) in [5.74, 6) is -0.127. The van der Waals surface area contributed by atoms with E-state index in [1.807, 2.05) is 24.3 Å². The van der Waals surface area contributed by atoms with Crippen LogP contribution in [-0.4, -0.2) is 28.3 Å². The summed E-state index contributed by atoms with van der Waals surface area (Å²) >= 11 is 0. The van der Waals surface area contributed by atoms with Crippen molar-refractivity contribution in [2.24, 2.45) is 0 Å². The number of fused-ring (bicyclic) bond motifs is 1. The smallest absolute Gasteiger partial charge is 0.376 e. The first-order valence-electron chi connectivity index (χ1n) is 7.90. The van der Waals surface area contributed by atoms with E-state index in [1.165, 1.54) is 6.92 Å². The van der Waals surface area contributed by atoms with Crippen LogP contribution in [0, 0.1) is 0 Å². The zero-order valence-electron chi connectivity index (χ0n) is 13.9. The van der Waals surface area contributed by atoms with Crippen molar-refractivity contribution >= 4 is 34.2 Å². The molecule has 0 amide bonds. The summed E-state index contributed by atoms with van der Waals surface area (Å²) in [5.41, 5.74) is 1.92. The lowest BCUT2D eigenvalue weighted by atomic mass is 10.1. The van der Waals surface area contributed by atoms with Gasteiger partial charge in [0.25, 0.3) is 0 Å². The number of nitrogens with one attached hydrogen (secondary N) is 1. The van der Waals surface area contributed by atoms with Gasteiger partial charge >= 0.3 is 5.97 Å². The van der Waals surface area contributed by atoms with Crippen LogP contribution in [0.5, 0.6) is 0 Å². The predicted molar refractivity (Wildman–Crippen MR) is 95.2 cm³/mol. The Morgan fingerprint density at radius 2 is 1.88 bits per heavy atom. The molecule has 126 valence electrons. The highest BCUT2D eigenvalue weighted by molar-refractivity contribution is 5.97. The molecule has 0 aliphatic carbocycles. The van der Waals surface area contributed by atoms with Crippen LogP contribution in [0.3, 0.4) is 0 Å². The fourth-order valence-electron chi connectivity index (χ4n) is 2.41. The molecule has 2 aromatic carbocycles. The number of Topliss-reactive ketones (excluding diaryl/α,β-unsaturated/α-hetero) is 1. The van der Waals surface area contributed by atoms with Crippen molar-refractivity contribution in [3.8, 4) is 0 Å². The summed E-state index contributed by atoms with van der Waals surface area (Å²) in [6.45, 7) is 3.49. The number of para-hydroxylation sites is 1. The first-order chi connectivity index (χ1) is 12.1. The Hall–Kier alpha value is -3.28. The number of hydrogen-bond acceptors (Lipinski definition) is 6. The van der Waals surface area contributed by atoms with E-state index in [9.17, 15) is 9.59 Å². The SMILES string of the molecule is CCOC(=O)c1nc(Nc2cccc(C(C)=O)c2)c2ccccc2n1. The molecule has 0 unspecified atom stereocenters. The van der Waals surface area contributed by atoms with Gasteiger partial charge in [0.2, 0.25) is 5.82 Å². The van der Waals surface area contributed by atoms with Crippen LogP contribution in [0.15, 0.2) is 48.5 Å². The third-order valence-electron chi connectivity index (χ3n) is 3.59. The lowest BCUT2D eigenvalue weighted by Crippen LogP contribution is -2.11. The molecule has 0 saturated carbocycles. The van der Waals surface area contributed by atoms with Gasteiger partial charge in [0.05, 0.1) is 12.1 Å². The van der Waals surface area contributed by atoms with Gasteiger partial charge in [-0.25, -0.2) is 14.8 Å². The van der Waals surface area contributed by atoms with Gasteiger partial charge in [0.1, 0.15) is 5.82 Å². The number of hydrogen-bond donors (Lipinski definition) is 1. The van der Waals surface area contributed by atoms with Crippen molar-refractivity contribution < 1.29 is 14.3 Å². The molecule has 6 nitrogen and oxygen atoms in total. The molecule has 0 bridgehead atoms. The number of anilines is 2. The van der Waals surface area contributed by atoms with Crippen LogP contribution in [0.4, 0.5) is 11.5 Å². The molecule has 1 aromatic heterocycles. The maximum absolute atomic E-state index is 12.0. The van der Waals surface area contributed by atoms with Gasteiger partial charge in [-0.1, -0.05) is 24.3 Å². The van der Waals surface area contributed by atoms with Crippen LogP contribution < -0.4 is 5.32 Å². The molecular weight excluding hydrogens is 318 g/mol. The summed E-state index contributed by atoms with van der Waals surface area (Å²) in [5, 5.41) is 3.94. The number of aromatic nitrogens is 2. The maximum Gasteiger partial charge on any atom is 0.376 e. The maximum atomic E-state index is 12.0. The zero-order chi connectivity index (χ0) is 17.8. The van der Waals surface area contributed by atoms with Gasteiger partial charge in [0, 0.05) is 16.6 Å². The normalized spacial score (nSPS) is 10.5. The van der Waals surface area contributed by atoms with E-state index < -0.39 is 5.97 Å². The van der Waals surface area contributed by atoms with Crippen LogP contribution in [-0.2, 0) is 4.74 Å². The Labute approximate surface area is 144 Å². The number of esters is 1. The number of ether oxygens (including phenoxy) is 1. The third kappa shape index (κ3) is 3.63. The molecule has 0 aliphatic rings. The van der Waals surface area contributed by atoms with Gasteiger partial charge < -0.3 is 10.1 Å². The first-order valence-corrected chi connectivity index (χ1v) is 7.90. The highest BCUT2D eigenvalue weighted by atomic mass is 16.5. The van der Waals surface area contributed by atoms with E-state index in [1.54, 1.807) is 31.2 Å². The Balaban J connectivity index is 2.06. The fraction of sp³-hybridized carbons (Fsp3) is 0.158. The van der Waals surface area contributed by atoms with Crippen molar-refractivity contribution in [1.29, 1.82) is 0 Å². The predicted octanol–water partition coefficient (Wildman–Crippen LogP) is 3.75. The Morgan fingerprint density at radius 3 is 2.64 bits per heavy atom. The molecule has 0 saturated heterocycles. The quantitative estimate of drug-likeness (QED) is 0.565. The molecule has 1 N–H and O–H groups in total. The van der Waals surface area contributed by atoms with Crippen molar-refractivity contribution in [1.82, 2.24) is 9.97 Å². The van der Waals surface area contributed by atoms with Gasteiger partial charge in [-0.2, -0.15) is 0 Å². The molecule has 0 spiro atoms. The lowest BCUT2D eigenvalue weighted by Gasteiger charge is -2.11. The summed E-state index contributed by atoms with van der Waals surface area (Å²) in [7, 11) is 0. The van der Waals surface area contributed by atoms with E-state index in [4.69, 9.17) is 4.74 Å². The minimum atomic E-state index is -0.575. The van der Waals surface area contributed by atoms with Crippen LogP contribution >= 0.6 is 0 Å². The monoisotopic (exact) mass is 335 g/mol. The van der Waals surface area contributed by atoms with Gasteiger partial charge in [0.15, 0.2) is 5.78 Å². The summed E-state index contributed by atoms with van der Waals surface area (Å²) in [6.07, 6.45) is 0. The van der Waals surface area contributed by atoms with Gasteiger partial charge in [-0.05, 0) is 38.1 Å². The zero-order valence-corrected chi connectivity index (χ0v) is 13.9. The molecule has 0 fully saturated rings. The van der Waals surface area contributed by atoms with E-state index in [2.05, 4.69) is 15.3 Å². The summed E-state index contributed by atoms with van der Waals surface area (Å²) in [4.78, 5) is 32.1. The van der Waals surface area contributed by atoms with Gasteiger partial charge in [-0.15, -0.1) is 0 Å². The standard InChI is InChI=1S/C19H17N3O3/c1-3-25-19(24)18-21-16-10-5-4-9-15(16)17(22-18)20-14-8-6-7-13(11-14)12(2)23/h4-11H,3H2,1-2H3,(H,20,21,22). The molecule has 25 heavy (non-hydrogen) atoms. The number of nitrogens with zero attached hydrogens (tertiary/aromatic N) is 2. The second-order valence-electron chi connectivity index (χ2n) is 5.40. The molecule has 6 heteroatoms. The van der Waals surface area contributed by atoms with E-state index >= 15 is 0 Å². The average molecular weight is 335 g/mol. The van der Waals surface area contributed by atoms with Crippen LogP contribution in [0.25, 0.3) is 10.9 Å². The summed E-state index contributed by atoms with van der Waals surface area (Å²) in [6, 6.07) is 14.5. The number of carbonyl (C=O) groups is 2. The van der Waals surface area contributed by atoms with E-state index in [0.29, 0.717) is 22.6 Å². The number of benzene rings is 2. The molecule has 1 heterocycles. The second kappa shape index (κ2) is 7.09. The van der Waals surface area contributed by atoms with Crippen molar-refractivity contribution in [2.45, 2.75) is 13.8 Å². The molecule has 0 aliphatic heterocycles. The molecule has 0 radical (unpaired) electrons. The highest BCUT2D eigenvalue weighted by Crippen LogP contribution is 2.24. The Morgan fingerprint density at radius 1 is 1.08 bits per heavy atom. The molecule has 0 atom stereocenters. The Bertz CT molecular complexity index is 954. The molecule has 3 rings (SSSR count). The van der Waals surface area contributed by atoms with Crippen molar-refractivity contribution in [2.75, 3.05) is 11.9 Å². The second-order valence-corrected chi connectivity index (χ2v) is 5.40. The Kier molecular flexibility index (Phi) is 4.70. The van der Waals surface area contributed by atoms with Gasteiger partial charge in [-0.3, -0.25) is 4.79 Å². The number of carbonyl (C=O) groups excluding carboxylic acids is 2. The summed E-state index contributed by atoms with van der Waals surface area (Å²) < 4.78 is 5.00. The lowest BCUT2D eigenvalue weighted by molar-refractivity contribution is 0.0512. The largest absolute Gasteiger partial charge is 0.460 e. The van der Waals surface area contributed by atoms with Crippen LogP contribution in [0.1, 0.15) is 34.8 Å². The number of rotatable bonds is 5. The average Bonchev–Trinajstić information content (AvgIpc) is 2.62. The third-order valence-corrected chi connectivity index (χ3v) is 3.59. The number of ketones is 1. The van der Waals surface area contributed by atoms with E-state index in [0.717, 1.165) is 5.39 Å². The molecule has 3 aromatic rings. The van der Waals surface area contributed by atoms with E-state index in [-0.39, 0.29) is 18.2 Å². The van der Waals surface area contributed by atoms with Crippen molar-refractivity contribution in [3.05, 3.63) is 59.9 Å². The fourth-order valence-corrected chi connectivity index (χ4v) is 2.41. The van der Waals surface area contributed by atoms with Crippen molar-refractivity contribution in [3.63, 3.8) is 0 Å². The minimum Gasteiger partial charge on any atom is -0.460 e. The first kappa shape index (κ1) is 16.6. The topological polar surface area (TPSA) is 81.2 Å². The highest BCUT2D eigenvalue weighted by Gasteiger charge is 2.15. The molecular formula is C19H17N3O3. The van der Waals surface area contributed by atoms with Crippen LogP contribution in [0.2, 0.25) is 0 Å². The minimum absolute atomic E-state index is 0.00854.